The Morgan fingerprint density at radius 3 is 2.12 bits per heavy atom. The lowest BCUT2D eigenvalue weighted by atomic mass is 10.1. The Morgan fingerprint density at radius 2 is 1.53 bits per heavy atom. The summed E-state index contributed by atoms with van der Waals surface area (Å²) >= 11 is 1.75. The van der Waals surface area contributed by atoms with Gasteiger partial charge in [-0.1, -0.05) is 76.7 Å². The summed E-state index contributed by atoms with van der Waals surface area (Å²) in [5.41, 5.74) is 0. The molecule has 1 fully saturated rings. The Morgan fingerprint density at radius 1 is 0.971 bits per heavy atom. The molecule has 1 saturated carbocycles. The minimum absolute atomic E-state index is 0.250. The lowest BCUT2D eigenvalue weighted by Gasteiger charge is -2.21. The number of nitrogens with zero attached hydrogens (tertiary/aromatic N) is 1. The molecule has 3 N–H and O–H groups in total. The molecule has 6 nitrogen and oxygen atoms in total. The van der Waals surface area contributed by atoms with E-state index in [4.69, 9.17) is 14.9 Å². The van der Waals surface area contributed by atoms with Gasteiger partial charge < -0.3 is 20.3 Å². The van der Waals surface area contributed by atoms with Crippen LogP contribution in [-0.4, -0.2) is 53.5 Å². The first-order chi connectivity index (χ1) is 16.7. The number of carbonyl (C=O) groups is 1. The van der Waals surface area contributed by atoms with Crippen LogP contribution in [0.2, 0.25) is 0 Å². The molecule has 1 amide bonds. The third kappa shape index (κ3) is 18.0. The largest absolute Gasteiger partial charge is 0.494 e. The monoisotopic (exact) mass is 496 g/mol. The Labute approximate surface area is 212 Å². The first-order valence-corrected chi connectivity index (χ1v) is 14.2. The lowest BCUT2D eigenvalue weighted by Crippen LogP contribution is -2.26. The van der Waals surface area contributed by atoms with Gasteiger partial charge in [0.25, 0.3) is 0 Å². The molecule has 2 bridgehead atoms. The van der Waals surface area contributed by atoms with Gasteiger partial charge in [0.1, 0.15) is 5.75 Å². The Hall–Kier alpha value is -1.44. The third-order valence-electron chi connectivity index (χ3n) is 5.72. The number of carboxylic acid groups (broad SMARTS) is 1. The summed E-state index contributed by atoms with van der Waals surface area (Å²) in [5, 5.41) is 18.7. The topological polar surface area (TPSA) is 82.0 Å². The third-order valence-corrected chi connectivity index (χ3v) is 6.81. The second kappa shape index (κ2) is 22.1. The minimum atomic E-state index is -0.949. The molecule has 0 atom stereocenters. The number of amides is 1. The normalized spacial score (nSPS) is 17.8. The number of rotatable bonds is 4. The molecule has 1 aliphatic heterocycles. The number of hydrogen-bond acceptors (Lipinski definition) is 5. The van der Waals surface area contributed by atoms with E-state index < -0.39 is 6.09 Å². The van der Waals surface area contributed by atoms with Crippen molar-refractivity contribution in [3.8, 4) is 5.75 Å². The molecule has 1 aliphatic carbocycles. The van der Waals surface area contributed by atoms with Crippen molar-refractivity contribution < 1.29 is 19.7 Å². The summed E-state index contributed by atoms with van der Waals surface area (Å²) in [6, 6.07) is 8.29. The van der Waals surface area contributed by atoms with Gasteiger partial charge in [0.05, 0.1) is 6.61 Å². The molecule has 0 unspecified atom stereocenters. The van der Waals surface area contributed by atoms with Crippen molar-refractivity contribution in [2.45, 2.75) is 102 Å². The summed E-state index contributed by atoms with van der Waals surface area (Å²) in [5.74, 6) is 0.939. The predicted molar refractivity (Wildman–Crippen MR) is 143 cm³/mol. The molecule has 0 spiro atoms. The molecule has 1 aromatic carbocycles. The van der Waals surface area contributed by atoms with Crippen LogP contribution in [0.25, 0.3) is 0 Å². The SMILES string of the molecule is C1CCCC1.CCO.O=C(O)NCCCN1CCCCCCCCCCOc2cccc(c2)S1. The van der Waals surface area contributed by atoms with Crippen LogP contribution in [0, 0.1) is 0 Å². The predicted octanol–water partition coefficient (Wildman–Crippen LogP) is 7.12. The van der Waals surface area contributed by atoms with E-state index in [0.717, 1.165) is 38.3 Å². The zero-order valence-corrected chi connectivity index (χ0v) is 22.1. The summed E-state index contributed by atoms with van der Waals surface area (Å²) in [6.07, 6.45) is 17.5. The van der Waals surface area contributed by atoms with Crippen LogP contribution in [0.1, 0.15) is 96.8 Å². The van der Waals surface area contributed by atoms with E-state index in [2.05, 4.69) is 21.8 Å². The van der Waals surface area contributed by atoms with Crippen molar-refractivity contribution in [2.75, 3.05) is 32.8 Å². The number of hydrogen-bond donors (Lipinski definition) is 3. The summed E-state index contributed by atoms with van der Waals surface area (Å²) in [7, 11) is 0. The van der Waals surface area contributed by atoms with E-state index in [0.29, 0.717) is 6.54 Å². The molecular weight excluding hydrogens is 448 g/mol. The standard InChI is InChI=1S/C20H32N2O3S.C5H10.C2H6O/c23-20(24)21-13-10-15-22-14-7-5-3-1-2-4-6-8-16-25-18-11-9-12-19(17-18)26-22;1-2-4-5-3-1;1-2-3/h9,11-12,17,21H,1-8,10,13-16H2,(H,23,24);1-5H2;3H,2H2,1H3. The van der Waals surface area contributed by atoms with E-state index >= 15 is 0 Å². The van der Waals surface area contributed by atoms with Crippen molar-refractivity contribution >= 4 is 18.0 Å². The quantitative estimate of drug-likeness (QED) is 0.304. The van der Waals surface area contributed by atoms with Gasteiger partial charge in [-0.3, -0.25) is 0 Å². The van der Waals surface area contributed by atoms with Crippen LogP contribution in [0.3, 0.4) is 0 Å². The Kier molecular flexibility index (Phi) is 19.8. The van der Waals surface area contributed by atoms with Gasteiger partial charge in [-0.15, -0.1) is 0 Å². The fourth-order valence-corrected chi connectivity index (χ4v) is 5.00. The smallest absolute Gasteiger partial charge is 0.404 e. The van der Waals surface area contributed by atoms with E-state index in [-0.39, 0.29) is 6.61 Å². The molecule has 1 aromatic rings. The highest BCUT2D eigenvalue weighted by Gasteiger charge is 2.09. The van der Waals surface area contributed by atoms with Crippen LogP contribution in [0.5, 0.6) is 5.75 Å². The molecule has 3 rings (SSSR count). The van der Waals surface area contributed by atoms with Gasteiger partial charge in [-0.2, -0.15) is 0 Å². The molecule has 196 valence electrons. The van der Waals surface area contributed by atoms with Crippen LogP contribution >= 0.6 is 11.9 Å². The van der Waals surface area contributed by atoms with Crippen LogP contribution in [0.4, 0.5) is 4.79 Å². The van der Waals surface area contributed by atoms with Crippen molar-refractivity contribution in [2.24, 2.45) is 0 Å². The zero-order chi connectivity index (χ0) is 24.7. The maximum Gasteiger partial charge on any atom is 0.404 e. The molecule has 1 heterocycles. The summed E-state index contributed by atoms with van der Waals surface area (Å²) in [6.45, 7) is 5.12. The van der Waals surface area contributed by atoms with Crippen molar-refractivity contribution in [1.29, 1.82) is 0 Å². The van der Waals surface area contributed by atoms with Crippen molar-refractivity contribution in [3.05, 3.63) is 24.3 Å². The van der Waals surface area contributed by atoms with Gasteiger partial charge in [0, 0.05) is 31.1 Å². The summed E-state index contributed by atoms with van der Waals surface area (Å²) < 4.78 is 8.26. The highest BCUT2D eigenvalue weighted by Crippen LogP contribution is 2.27. The number of benzene rings is 1. The van der Waals surface area contributed by atoms with Crippen molar-refractivity contribution in [1.82, 2.24) is 9.62 Å². The molecule has 0 radical (unpaired) electrons. The van der Waals surface area contributed by atoms with Gasteiger partial charge >= 0.3 is 6.09 Å². The first kappa shape index (κ1) is 30.6. The van der Waals surface area contributed by atoms with Crippen LogP contribution in [0.15, 0.2) is 29.2 Å². The molecule has 0 aromatic heterocycles. The Balaban J connectivity index is 0.000000614. The first-order valence-electron chi connectivity index (χ1n) is 13.4. The number of nitrogens with one attached hydrogen (secondary N) is 1. The second-order valence-electron chi connectivity index (χ2n) is 8.84. The number of aliphatic hydroxyl groups is 1. The fraction of sp³-hybridized carbons (Fsp3) is 0.741. The number of ether oxygens (including phenoxy) is 1. The highest BCUT2D eigenvalue weighted by atomic mass is 32.2. The lowest BCUT2D eigenvalue weighted by molar-refractivity contribution is 0.194. The van der Waals surface area contributed by atoms with Gasteiger partial charge in [0.15, 0.2) is 0 Å². The summed E-state index contributed by atoms with van der Waals surface area (Å²) in [4.78, 5) is 11.8. The zero-order valence-electron chi connectivity index (χ0n) is 21.3. The minimum Gasteiger partial charge on any atom is -0.494 e. The van der Waals surface area contributed by atoms with E-state index in [1.807, 2.05) is 12.1 Å². The van der Waals surface area contributed by atoms with Gasteiger partial charge in [-0.25, -0.2) is 9.10 Å². The number of fused-ring (bicyclic) bond motifs is 2. The molecule has 2 aliphatic rings. The molecule has 7 heteroatoms. The van der Waals surface area contributed by atoms with Crippen LogP contribution in [-0.2, 0) is 0 Å². The number of aliphatic hydroxyl groups excluding tert-OH is 1. The van der Waals surface area contributed by atoms with Gasteiger partial charge in [-0.05, 0) is 56.3 Å². The van der Waals surface area contributed by atoms with Gasteiger partial charge in [0.2, 0.25) is 0 Å². The fourth-order valence-electron chi connectivity index (χ4n) is 3.95. The highest BCUT2D eigenvalue weighted by molar-refractivity contribution is 7.97. The van der Waals surface area contributed by atoms with E-state index in [1.165, 1.54) is 81.9 Å². The maximum absolute atomic E-state index is 10.6. The van der Waals surface area contributed by atoms with E-state index in [9.17, 15) is 4.79 Å². The Bertz CT molecular complexity index is 606. The molecule has 0 saturated heterocycles. The van der Waals surface area contributed by atoms with Crippen LogP contribution < -0.4 is 10.1 Å². The molecular formula is C27H48N2O4S. The average molecular weight is 497 g/mol. The average Bonchev–Trinajstić information content (AvgIpc) is 3.40. The second-order valence-corrected chi connectivity index (χ2v) is 10.0. The maximum atomic E-state index is 10.6. The van der Waals surface area contributed by atoms with Crippen molar-refractivity contribution in [3.63, 3.8) is 0 Å². The molecule has 34 heavy (non-hydrogen) atoms. The van der Waals surface area contributed by atoms with E-state index in [1.54, 1.807) is 18.9 Å².